The Bertz CT molecular complexity index is 691. The van der Waals surface area contributed by atoms with Crippen molar-refractivity contribution in [3.63, 3.8) is 0 Å². The number of benzene rings is 2. The standard InChI is InChI=1S/C18H18O4/c1-11-4-6-12(7-5-11)15-10-13(20-2)8-9-14(15)16-17(22-16)18(19)21-3/h4-10,16-17H,1-3H3. The van der Waals surface area contributed by atoms with Crippen LogP contribution in [0.3, 0.4) is 0 Å². The second kappa shape index (κ2) is 5.81. The highest BCUT2D eigenvalue weighted by atomic mass is 16.6. The summed E-state index contributed by atoms with van der Waals surface area (Å²) in [4.78, 5) is 11.6. The van der Waals surface area contributed by atoms with Gasteiger partial charge in [0, 0.05) is 0 Å². The fraction of sp³-hybridized carbons (Fsp3) is 0.278. The van der Waals surface area contributed by atoms with Crippen LogP contribution in [-0.4, -0.2) is 26.3 Å². The maximum atomic E-state index is 11.6. The Kier molecular flexibility index (Phi) is 3.86. The number of esters is 1. The summed E-state index contributed by atoms with van der Waals surface area (Å²) in [6.45, 7) is 2.05. The van der Waals surface area contributed by atoms with Crippen LogP contribution in [0.5, 0.6) is 5.75 Å². The van der Waals surface area contributed by atoms with Gasteiger partial charge in [-0.05, 0) is 35.7 Å². The molecule has 0 bridgehead atoms. The number of hydrogen-bond donors (Lipinski definition) is 0. The number of rotatable bonds is 4. The predicted molar refractivity (Wildman–Crippen MR) is 82.8 cm³/mol. The molecule has 114 valence electrons. The third-order valence-electron chi connectivity index (χ3n) is 3.85. The van der Waals surface area contributed by atoms with Crippen LogP contribution in [0.2, 0.25) is 0 Å². The van der Waals surface area contributed by atoms with Crippen LogP contribution in [0.25, 0.3) is 11.1 Å². The Hall–Kier alpha value is -2.33. The van der Waals surface area contributed by atoms with Gasteiger partial charge in [0.15, 0.2) is 6.10 Å². The molecule has 22 heavy (non-hydrogen) atoms. The van der Waals surface area contributed by atoms with Gasteiger partial charge in [0.05, 0.1) is 14.2 Å². The molecule has 0 amide bonds. The van der Waals surface area contributed by atoms with E-state index in [1.165, 1.54) is 12.7 Å². The van der Waals surface area contributed by atoms with Gasteiger partial charge in [-0.3, -0.25) is 0 Å². The van der Waals surface area contributed by atoms with E-state index in [0.717, 1.165) is 22.4 Å². The second-order valence-electron chi connectivity index (χ2n) is 5.32. The van der Waals surface area contributed by atoms with E-state index < -0.39 is 6.10 Å². The molecule has 0 saturated carbocycles. The Labute approximate surface area is 129 Å². The molecule has 1 fully saturated rings. The van der Waals surface area contributed by atoms with Crippen molar-refractivity contribution in [1.82, 2.24) is 0 Å². The predicted octanol–water partition coefficient (Wildman–Crippen LogP) is 3.28. The van der Waals surface area contributed by atoms with Gasteiger partial charge in [-0.25, -0.2) is 4.79 Å². The van der Waals surface area contributed by atoms with Crippen LogP contribution in [0.1, 0.15) is 17.2 Å². The van der Waals surface area contributed by atoms with Crippen molar-refractivity contribution in [2.45, 2.75) is 19.1 Å². The zero-order valence-corrected chi connectivity index (χ0v) is 12.8. The van der Waals surface area contributed by atoms with Crippen molar-refractivity contribution in [3.05, 3.63) is 53.6 Å². The molecule has 3 rings (SSSR count). The molecule has 1 aliphatic rings. The number of methoxy groups -OCH3 is 2. The number of epoxide rings is 1. The molecular formula is C18H18O4. The van der Waals surface area contributed by atoms with E-state index in [2.05, 4.69) is 24.3 Å². The number of aryl methyl sites for hydroxylation is 1. The van der Waals surface area contributed by atoms with Crippen LogP contribution in [0, 0.1) is 6.92 Å². The zero-order chi connectivity index (χ0) is 15.7. The lowest BCUT2D eigenvalue weighted by molar-refractivity contribution is -0.142. The molecule has 1 saturated heterocycles. The first-order valence-corrected chi connectivity index (χ1v) is 7.12. The van der Waals surface area contributed by atoms with E-state index in [4.69, 9.17) is 14.2 Å². The molecule has 2 aromatic carbocycles. The molecule has 2 unspecified atom stereocenters. The fourth-order valence-electron chi connectivity index (χ4n) is 2.54. The molecule has 0 spiro atoms. The summed E-state index contributed by atoms with van der Waals surface area (Å²) < 4.78 is 15.6. The molecule has 0 aromatic heterocycles. The molecule has 2 aromatic rings. The highest BCUT2D eigenvalue weighted by Gasteiger charge is 2.48. The summed E-state index contributed by atoms with van der Waals surface area (Å²) in [7, 11) is 3.01. The average molecular weight is 298 g/mol. The summed E-state index contributed by atoms with van der Waals surface area (Å²) in [5.41, 5.74) is 4.25. The van der Waals surface area contributed by atoms with Gasteiger partial charge in [-0.2, -0.15) is 0 Å². The summed E-state index contributed by atoms with van der Waals surface area (Å²) in [6, 6.07) is 14.0. The minimum Gasteiger partial charge on any atom is -0.497 e. The number of carbonyl (C=O) groups is 1. The summed E-state index contributed by atoms with van der Waals surface area (Å²) in [5, 5.41) is 0. The van der Waals surface area contributed by atoms with E-state index in [1.807, 2.05) is 25.1 Å². The lowest BCUT2D eigenvalue weighted by Gasteiger charge is -2.11. The van der Waals surface area contributed by atoms with Gasteiger partial charge in [0.25, 0.3) is 0 Å². The average Bonchev–Trinajstić information content (AvgIpc) is 3.34. The lowest BCUT2D eigenvalue weighted by Crippen LogP contribution is -2.09. The first-order valence-electron chi connectivity index (χ1n) is 7.12. The minimum atomic E-state index is -0.511. The van der Waals surface area contributed by atoms with Gasteiger partial charge in [-0.15, -0.1) is 0 Å². The molecule has 4 nitrogen and oxygen atoms in total. The molecule has 0 N–H and O–H groups in total. The first kappa shape index (κ1) is 14.6. The van der Waals surface area contributed by atoms with Crippen LogP contribution >= 0.6 is 0 Å². The van der Waals surface area contributed by atoms with Crippen molar-refractivity contribution >= 4 is 5.97 Å². The van der Waals surface area contributed by atoms with Crippen molar-refractivity contribution in [1.29, 1.82) is 0 Å². The van der Waals surface area contributed by atoms with Gasteiger partial charge in [-0.1, -0.05) is 35.9 Å². The van der Waals surface area contributed by atoms with Gasteiger partial charge in [0.1, 0.15) is 11.9 Å². The Morgan fingerprint density at radius 3 is 2.45 bits per heavy atom. The van der Waals surface area contributed by atoms with Crippen LogP contribution in [-0.2, 0) is 14.3 Å². The molecule has 0 aliphatic carbocycles. The summed E-state index contributed by atoms with van der Waals surface area (Å²) >= 11 is 0. The highest BCUT2D eigenvalue weighted by Crippen LogP contribution is 2.44. The van der Waals surface area contributed by atoms with Gasteiger partial charge in [0.2, 0.25) is 0 Å². The topological polar surface area (TPSA) is 48.1 Å². The number of ether oxygens (including phenoxy) is 3. The lowest BCUT2D eigenvalue weighted by atomic mass is 9.95. The third kappa shape index (κ3) is 2.70. The minimum absolute atomic E-state index is 0.255. The van der Waals surface area contributed by atoms with Crippen molar-refractivity contribution in [2.75, 3.05) is 14.2 Å². The van der Waals surface area contributed by atoms with Crippen LogP contribution in [0.4, 0.5) is 0 Å². The van der Waals surface area contributed by atoms with E-state index in [9.17, 15) is 4.79 Å². The second-order valence-corrected chi connectivity index (χ2v) is 5.32. The quantitative estimate of drug-likeness (QED) is 0.642. The smallest absolute Gasteiger partial charge is 0.338 e. The molecular weight excluding hydrogens is 280 g/mol. The van der Waals surface area contributed by atoms with E-state index >= 15 is 0 Å². The van der Waals surface area contributed by atoms with Gasteiger partial charge >= 0.3 is 5.97 Å². The zero-order valence-electron chi connectivity index (χ0n) is 12.8. The normalized spacial score (nSPS) is 19.6. The first-order chi connectivity index (χ1) is 10.6. The molecule has 0 radical (unpaired) electrons. The summed E-state index contributed by atoms with van der Waals surface area (Å²) in [5.74, 6) is 0.435. The monoisotopic (exact) mass is 298 g/mol. The summed E-state index contributed by atoms with van der Waals surface area (Å²) in [6.07, 6.45) is -0.766. The largest absolute Gasteiger partial charge is 0.497 e. The maximum absolute atomic E-state index is 11.6. The van der Waals surface area contributed by atoms with E-state index in [-0.39, 0.29) is 12.1 Å². The molecule has 1 aliphatic heterocycles. The number of hydrogen-bond acceptors (Lipinski definition) is 4. The highest BCUT2D eigenvalue weighted by molar-refractivity contribution is 5.80. The fourth-order valence-corrected chi connectivity index (χ4v) is 2.54. The Morgan fingerprint density at radius 2 is 1.82 bits per heavy atom. The molecule has 4 heteroatoms. The number of carbonyl (C=O) groups excluding carboxylic acids is 1. The molecule has 1 heterocycles. The third-order valence-corrected chi connectivity index (χ3v) is 3.85. The van der Waals surface area contributed by atoms with E-state index in [1.54, 1.807) is 7.11 Å². The Morgan fingerprint density at radius 1 is 1.09 bits per heavy atom. The van der Waals surface area contributed by atoms with Crippen molar-refractivity contribution < 1.29 is 19.0 Å². The van der Waals surface area contributed by atoms with Crippen molar-refractivity contribution in [3.8, 4) is 16.9 Å². The van der Waals surface area contributed by atoms with Gasteiger partial charge < -0.3 is 14.2 Å². The van der Waals surface area contributed by atoms with Crippen LogP contribution in [0.15, 0.2) is 42.5 Å². The SMILES string of the molecule is COC(=O)C1OC1c1ccc(OC)cc1-c1ccc(C)cc1. The molecule has 2 atom stereocenters. The maximum Gasteiger partial charge on any atom is 0.338 e. The Balaban J connectivity index is 2.00. The van der Waals surface area contributed by atoms with Crippen LogP contribution < -0.4 is 4.74 Å². The van der Waals surface area contributed by atoms with E-state index in [0.29, 0.717) is 0 Å². The van der Waals surface area contributed by atoms with Crippen molar-refractivity contribution in [2.24, 2.45) is 0 Å².